The van der Waals surface area contributed by atoms with Crippen LogP contribution in [0.3, 0.4) is 0 Å². The molecule has 0 spiro atoms. The molecule has 0 saturated heterocycles. The minimum absolute atomic E-state index is 0. The van der Waals surface area contributed by atoms with Crippen LogP contribution in [0, 0.1) is 0 Å². The summed E-state index contributed by atoms with van der Waals surface area (Å²) < 4.78 is 0. The zero-order valence-corrected chi connectivity index (χ0v) is 19.4. The number of rotatable bonds is 15. The predicted molar refractivity (Wildman–Crippen MR) is 98.6 cm³/mol. The molecule has 0 saturated carbocycles. The summed E-state index contributed by atoms with van der Waals surface area (Å²) >= 11 is 0. The largest absolute Gasteiger partial charge is 0.481 e. The molecule has 120 valence electrons. The number of hydrogen-bond acceptors (Lipinski definition) is 1. The van der Waals surface area contributed by atoms with E-state index in [1.165, 1.54) is 70.6 Å². The Balaban J connectivity index is -0.00000180. The quantitative estimate of drug-likeness (QED) is 0.250. The molecule has 0 atom stereocenters. The van der Waals surface area contributed by atoms with E-state index < -0.39 is 5.97 Å². The molecule has 0 aliphatic rings. The van der Waals surface area contributed by atoms with Gasteiger partial charge in [0.15, 0.2) is 0 Å². The Bertz CT molecular complexity index is 243. The fourth-order valence-electron chi connectivity index (χ4n) is 2.35. The Morgan fingerprint density at radius 3 is 1.59 bits per heavy atom. The molecule has 0 aromatic heterocycles. The van der Waals surface area contributed by atoms with Crippen molar-refractivity contribution < 1.29 is 9.90 Å². The van der Waals surface area contributed by atoms with Crippen LogP contribution in [-0.2, 0) is 4.79 Å². The Morgan fingerprint density at radius 2 is 1.14 bits per heavy atom. The zero-order chi connectivity index (χ0) is 14.9. The first kappa shape index (κ1) is 28.0. The Morgan fingerprint density at radius 1 is 0.727 bits per heavy atom. The van der Waals surface area contributed by atoms with Gasteiger partial charge in [0.05, 0.1) is 0 Å². The van der Waals surface area contributed by atoms with Gasteiger partial charge in [0.1, 0.15) is 0 Å². The van der Waals surface area contributed by atoms with Crippen LogP contribution in [0.1, 0.15) is 96.8 Å². The fraction of sp³-hybridized carbons (Fsp3) is 0.833. The van der Waals surface area contributed by atoms with E-state index in [-0.39, 0.29) is 59.1 Å². The molecule has 0 amide bonds. The molecule has 0 aromatic rings. The van der Waals surface area contributed by atoms with Crippen LogP contribution in [0.15, 0.2) is 12.2 Å². The number of hydrogen-bond donors (Lipinski definition) is 1. The van der Waals surface area contributed by atoms with Crippen LogP contribution >= 0.6 is 0 Å². The number of aliphatic carboxylic acids is 1. The van der Waals surface area contributed by atoms with E-state index in [4.69, 9.17) is 5.11 Å². The third-order valence-electron chi connectivity index (χ3n) is 3.65. The summed E-state index contributed by atoms with van der Waals surface area (Å²) in [5, 5.41) is 8.51. The maximum atomic E-state index is 10.3. The van der Waals surface area contributed by atoms with Crippen molar-refractivity contribution in [3.05, 3.63) is 12.2 Å². The van der Waals surface area contributed by atoms with Gasteiger partial charge in [0.25, 0.3) is 0 Å². The van der Waals surface area contributed by atoms with Gasteiger partial charge in [-0.15, -0.1) is 0 Å². The summed E-state index contributed by atoms with van der Waals surface area (Å²) in [6.07, 6.45) is 21.2. The summed E-state index contributed by atoms with van der Waals surface area (Å²) in [5.41, 5.74) is 0. The molecule has 0 aliphatic carbocycles. The molecule has 4 heteroatoms. The number of unbranched alkanes of at least 4 members (excludes halogenated alkanes) is 11. The zero-order valence-electron chi connectivity index (χ0n) is 15.4. The molecule has 0 fully saturated rings. The van der Waals surface area contributed by atoms with E-state index in [1.54, 1.807) is 0 Å². The van der Waals surface area contributed by atoms with Gasteiger partial charge in [-0.25, -0.2) is 0 Å². The fourth-order valence-corrected chi connectivity index (χ4v) is 2.35. The average molecular weight is 328 g/mol. The predicted octanol–water partition coefficient (Wildman–Crippen LogP) is 5.35. The van der Waals surface area contributed by atoms with Crippen LogP contribution < -0.4 is 0 Å². The molecule has 0 rings (SSSR count). The normalized spacial score (nSPS) is 10.2. The molecule has 0 bridgehead atoms. The van der Waals surface area contributed by atoms with Crippen LogP contribution in [0.25, 0.3) is 0 Å². The summed E-state index contributed by atoms with van der Waals surface area (Å²) in [5.74, 6) is -0.664. The summed E-state index contributed by atoms with van der Waals surface area (Å²) in [6.45, 7) is 2.26. The van der Waals surface area contributed by atoms with E-state index >= 15 is 0 Å². The van der Waals surface area contributed by atoms with E-state index in [0.29, 0.717) is 6.42 Å². The van der Waals surface area contributed by atoms with Gasteiger partial charge in [-0.05, 0) is 32.1 Å². The third-order valence-corrected chi connectivity index (χ3v) is 3.65. The average Bonchev–Trinajstić information content (AvgIpc) is 2.43. The van der Waals surface area contributed by atoms with Crippen LogP contribution in [0.4, 0.5) is 0 Å². The van der Waals surface area contributed by atoms with Crippen LogP contribution in [0.2, 0.25) is 0 Å². The standard InChI is InChI=1S/C18H34O2.2Na/c1-2-3-4-5-6-7-8-9-10-11-12-13-14-15-16-17-18(19)20;;/h9-10H,2-8,11-17H2,1H3,(H,19,20);;/b10-9-;;. The Kier molecular flexibility index (Phi) is 31.2. The van der Waals surface area contributed by atoms with Crippen molar-refractivity contribution >= 4 is 65.1 Å². The maximum Gasteiger partial charge on any atom is 0.303 e. The van der Waals surface area contributed by atoms with E-state index in [1.807, 2.05) is 0 Å². The second kappa shape index (κ2) is 24.5. The molecule has 22 heavy (non-hydrogen) atoms. The van der Waals surface area contributed by atoms with Gasteiger partial charge < -0.3 is 5.11 Å². The Hall–Kier alpha value is 1.21. The van der Waals surface area contributed by atoms with Crippen molar-refractivity contribution in [2.45, 2.75) is 96.8 Å². The minimum atomic E-state index is -0.664. The third kappa shape index (κ3) is 26.1. The first-order chi connectivity index (χ1) is 9.77. The summed E-state index contributed by atoms with van der Waals surface area (Å²) in [4.78, 5) is 10.3. The molecular weight excluding hydrogens is 294 g/mol. The van der Waals surface area contributed by atoms with Gasteiger partial charge in [-0.2, -0.15) is 0 Å². The molecular formula is C18H34Na2O2. The number of carbonyl (C=O) groups is 1. The van der Waals surface area contributed by atoms with Gasteiger partial charge in [-0.1, -0.05) is 70.4 Å². The SMILES string of the molecule is CCCCCCCC/C=C\CCCCCCCC(=O)O.[Na].[Na]. The summed E-state index contributed by atoms with van der Waals surface area (Å²) in [7, 11) is 0. The van der Waals surface area contributed by atoms with Gasteiger partial charge in [0.2, 0.25) is 0 Å². The first-order valence-electron chi connectivity index (χ1n) is 8.64. The number of carboxylic acids is 1. The van der Waals surface area contributed by atoms with E-state index in [0.717, 1.165) is 12.8 Å². The van der Waals surface area contributed by atoms with Crippen molar-refractivity contribution in [3.63, 3.8) is 0 Å². The first-order valence-corrected chi connectivity index (χ1v) is 8.64. The van der Waals surface area contributed by atoms with Gasteiger partial charge in [0, 0.05) is 65.5 Å². The number of carboxylic acid groups (broad SMARTS) is 1. The number of allylic oxidation sites excluding steroid dienone is 2. The molecule has 0 heterocycles. The summed E-state index contributed by atoms with van der Waals surface area (Å²) in [6, 6.07) is 0. The van der Waals surface area contributed by atoms with Crippen molar-refractivity contribution in [3.8, 4) is 0 Å². The maximum absolute atomic E-state index is 10.3. The minimum Gasteiger partial charge on any atom is -0.481 e. The van der Waals surface area contributed by atoms with Gasteiger partial charge >= 0.3 is 5.97 Å². The molecule has 1 N–H and O–H groups in total. The second-order valence-electron chi connectivity index (χ2n) is 5.73. The monoisotopic (exact) mass is 328 g/mol. The molecule has 0 aromatic carbocycles. The molecule has 2 radical (unpaired) electrons. The smallest absolute Gasteiger partial charge is 0.303 e. The molecule has 2 nitrogen and oxygen atoms in total. The van der Waals surface area contributed by atoms with E-state index in [2.05, 4.69) is 19.1 Å². The van der Waals surface area contributed by atoms with Gasteiger partial charge in [-0.3, -0.25) is 4.79 Å². The Labute approximate surface area is 182 Å². The van der Waals surface area contributed by atoms with Crippen molar-refractivity contribution in [2.24, 2.45) is 0 Å². The topological polar surface area (TPSA) is 37.3 Å². The van der Waals surface area contributed by atoms with Crippen molar-refractivity contribution in [2.75, 3.05) is 0 Å². The van der Waals surface area contributed by atoms with Crippen LogP contribution in [-0.4, -0.2) is 70.2 Å². The van der Waals surface area contributed by atoms with Crippen LogP contribution in [0.5, 0.6) is 0 Å². The van der Waals surface area contributed by atoms with E-state index in [9.17, 15) is 4.79 Å². The van der Waals surface area contributed by atoms with Crippen molar-refractivity contribution in [1.29, 1.82) is 0 Å². The second-order valence-corrected chi connectivity index (χ2v) is 5.73. The molecule has 0 unspecified atom stereocenters. The van der Waals surface area contributed by atoms with Crippen molar-refractivity contribution in [1.82, 2.24) is 0 Å². The molecule has 0 aliphatic heterocycles.